The minimum absolute atomic E-state index is 0.301. The third-order valence-electron chi connectivity index (χ3n) is 2.06. The first-order valence-electron chi connectivity index (χ1n) is 4.10. The Morgan fingerprint density at radius 2 is 1.93 bits per heavy atom. The molecule has 0 bridgehead atoms. The standard InChI is InChI=1S/C11H7BrO2/c12-10-6-8(11(13)14)5-7-3-1-2-4-9(7)10/h1-6H,(H,13,14). The summed E-state index contributed by atoms with van der Waals surface area (Å²) in [7, 11) is 0. The number of halogens is 1. The second-order valence-corrected chi connectivity index (χ2v) is 3.84. The van der Waals surface area contributed by atoms with Gasteiger partial charge in [0.2, 0.25) is 0 Å². The molecule has 0 saturated carbocycles. The second-order valence-electron chi connectivity index (χ2n) is 2.98. The van der Waals surface area contributed by atoms with E-state index < -0.39 is 5.97 Å². The van der Waals surface area contributed by atoms with Crippen molar-refractivity contribution in [1.82, 2.24) is 0 Å². The van der Waals surface area contributed by atoms with Crippen molar-refractivity contribution in [3.63, 3.8) is 0 Å². The fraction of sp³-hybridized carbons (Fsp3) is 0. The van der Waals surface area contributed by atoms with Crippen molar-refractivity contribution in [3.05, 3.63) is 46.4 Å². The molecule has 0 aromatic heterocycles. The molecule has 0 radical (unpaired) electrons. The molecule has 0 saturated heterocycles. The third kappa shape index (κ3) is 1.51. The summed E-state index contributed by atoms with van der Waals surface area (Å²) >= 11 is 3.35. The monoisotopic (exact) mass is 250 g/mol. The lowest BCUT2D eigenvalue weighted by Gasteiger charge is -2.02. The van der Waals surface area contributed by atoms with Gasteiger partial charge in [-0.15, -0.1) is 0 Å². The molecule has 2 aromatic carbocycles. The molecule has 0 aliphatic rings. The van der Waals surface area contributed by atoms with E-state index in [9.17, 15) is 4.79 Å². The molecule has 1 N–H and O–H groups in total. The molecule has 0 fully saturated rings. The average molecular weight is 251 g/mol. The summed E-state index contributed by atoms with van der Waals surface area (Å²) in [6, 6.07) is 10.9. The summed E-state index contributed by atoms with van der Waals surface area (Å²) in [6.45, 7) is 0. The van der Waals surface area contributed by atoms with Gasteiger partial charge in [-0.3, -0.25) is 0 Å². The molecule has 0 aliphatic carbocycles. The first-order valence-corrected chi connectivity index (χ1v) is 4.89. The summed E-state index contributed by atoms with van der Waals surface area (Å²) in [5.41, 5.74) is 0.301. The van der Waals surface area contributed by atoms with Crippen LogP contribution in [0.4, 0.5) is 0 Å². The first-order chi connectivity index (χ1) is 6.68. The molecule has 2 nitrogen and oxygen atoms in total. The van der Waals surface area contributed by atoms with Crippen LogP contribution in [0.3, 0.4) is 0 Å². The molecule has 14 heavy (non-hydrogen) atoms. The highest BCUT2D eigenvalue weighted by atomic mass is 79.9. The number of hydrogen-bond donors (Lipinski definition) is 1. The predicted molar refractivity (Wildman–Crippen MR) is 58.6 cm³/mol. The van der Waals surface area contributed by atoms with Crippen molar-refractivity contribution >= 4 is 32.7 Å². The van der Waals surface area contributed by atoms with Crippen molar-refractivity contribution in [2.75, 3.05) is 0 Å². The van der Waals surface area contributed by atoms with Crippen LogP contribution >= 0.6 is 15.9 Å². The van der Waals surface area contributed by atoms with Crippen molar-refractivity contribution in [1.29, 1.82) is 0 Å². The van der Waals surface area contributed by atoms with E-state index in [2.05, 4.69) is 15.9 Å². The van der Waals surface area contributed by atoms with E-state index in [0.717, 1.165) is 15.2 Å². The van der Waals surface area contributed by atoms with Crippen LogP contribution < -0.4 is 0 Å². The van der Waals surface area contributed by atoms with Gasteiger partial charge in [0.15, 0.2) is 0 Å². The van der Waals surface area contributed by atoms with Crippen molar-refractivity contribution in [2.45, 2.75) is 0 Å². The van der Waals surface area contributed by atoms with Crippen molar-refractivity contribution in [2.24, 2.45) is 0 Å². The van der Waals surface area contributed by atoms with E-state index in [0.29, 0.717) is 5.56 Å². The van der Waals surface area contributed by atoms with Gasteiger partial charge in [0.05, 0.1) is 5.56 Å². The number of rotatable bonds is 1. The Morgan fingerprint density at radius 1 is 1.21 bits per heavy atom. The Balaban J connectivity index is 2.78. The number of carboxylic acids is 1. The molecular formula is C11H7BrO2. The Labute approximate surface area is 89.3 Å². The van der Waals surface area contributed by atoms with Gasteiger partial charge in [-0.05, 0) is 22.9 Å². The Bertz CT molecular complexity index is 506. The summed E-state index contributed by atoms with van der Waals surface area (Å²) in [4.78, 5) is 10.8. The molecular weight excluding hydrogens is 244 g/mol. The number of benzene rings is 2. The van der Waals surface area contributed by atoms with Crippen LogP contribution in [0.15, 0.2) is 40.9 Å². The van der Waals surface area contributed by atoms with Crippen molar-refractivity contribution < 1.29 is 9.90 Å². The maximum absolute atomic E-state index is 10.8. The van der Waals surface area contributed by atoms with Crippen LogP contribution in [0.5, 0.6) is 0 Å². The minimum Gasteiger partial charge on any atom is -0.478 e. The van der Waals surface area contributed by atoms with Gasteiger partial charge in [-0.2, -0.15) is 0 Å². The molecule has 2 aromatic rings. The molecule has 0 aliphatic heterocycles. The average Bonchev–Trinajstić information content (AvgIpc) is 2.17. The smallest absolute Gasteiger partial charge is 0.335 e. The third-order valence-corrected chi connectivity index (χ3v) is 2.71. The normalized spacial score (nSPS) is 10.4. The van der Waals surface area contributed by atoms with Gasteiger partial charge in [-0.25, -0.2) is 4.79 Å². The van der Waals surface area contributed by atoms with E-state index in [4.69, 9.17) is 5.11 Å². The molecule has 0 amide bonds. The summed E-state index contributed by atoms with van der Waals surface area (Å²) in [5, 5.41) is 10.8. The molecule has 0 atom stereocenters. The molecule has 2 rings (SSSR count). The first kappa shape index (κ1) is 9.21. The molecule has 3 heteroatoms. The summed E-state index contributed by atoms with van der Waals surface area (Å²) < 4.78 is 0.813. The van der Waals surface area contributed by atoms with Gasteiger partial charge in [0.1, 0.15) is 0 Å². The highest BCUT2D eigenvalue weighted by Crippen LogP contribution is 2.25. The number of carbonyl (C=O) groups is 1. The zero-order chi connectivity index (χ0) is 10.1. The Morgan fingerprint density at radius 3 is 2.64 bits per heavy atom. The van der Waals surface area contributed by atoms with Crippen LogP contribution in [0, 0.1) is 0 Å². The molecule has 0 spiro atoms. The number of aromatic carboxylic acids is 1. The number of hydrogen-bond acceptors (Lipinski definition) is 1. The second kappa shape index (κ2) is 3.42. The van der Waals surface area contributed by atoms with Crippen LogP contribution in [-0.4, -0.2) is 11.1 Å². The van der Waals surface area contributed by atoms with Crippen LogP contribution in [-0.2, 0) is 0 Å². The zero-order valence-corrected chi connectivity index (χ0v) is 8.78. The zero-order valence-electron chi connectivity index (χ0n) is 7.20. The maximum atomic E-state index is 10.8. The van der Waals surface area contributed by atoms with E-state index in [1.807, 2.05) is 24.3 Å². The van der Waals surface area contributed by atoms with Crippen LogP contribution in [0.1, 0.15) is 10.4 Å². The van der Waals surface area contributed by atoms with Gasteiger partial charge >= 0.3 is 5.97 Å². The summed E-state index contributed by atoms with van der Waals surface area (Å²) in [6.07, 6.45) is 0. The van der Waals surface area contributed by atoms with E-state index in [1.165, 1.54) is 0 Å². The molecule has 0 heterocycles. The predicted octanol–water partition coefficient (Wildman–Crippen LogP) is 3.30. The van der Waals surface area contributed by atoms with Crippen LogP contribution in [0.2, 0.25) is 0 Å². The quantitative estimate of drug-likeness (QED) is 0.844. The summed E-state index contributed by atoms with van der Waals surface area (Å²) in [5.74, 6) is -0.906. The lowest BCUT2D eigenvalue weighted by molar-refractivity contribution is 0.0697. The molecule has 0 unspecified atom stereocenters. The van der Waals surface area contributed by atoms with Crippen LogP contribution in [0.25, 0.3) is 10.8 Å². The maximum Gasteiger partial charge on any atom is 0.335 e. The largest absolute Gasteiger partial charge is 0.478 e. The lowest BCUT2D eigenvalue weighted by Crippen LogP contribution is -1.95. The highest BCUT2D eigenvalue weighted by molar-refractivity contribution is 9.10. The van der Waals surface area contributed by atoms with Gasteiger partial charge in [0.25, 0.3) is 0 Å². The lowest BCUT2D eigenvalue weighted by atomic mass is 10.1. The van der Waals surface area contributed by atoms with Gasteiger partial charge < -0.3 is 5.11 Å². The van der Waals surface area contributed by atoms with E-state index in [-0.39, 0.29) is 0 Å². The Kier molecular flexibility index (Phi) is 2.25. The molecule has 70 valence electrons. The fourth-order valence-electron chi connectivity index (χ4n) is 1.39. The van der Waals surface area contributed by atoms with E-state index >= 15 is 0 Å². The number of carboxylic acid groups (broad SMARTS) is 1. The Hall–Kier alpha value is -1.35. The van der Waals surface area contributed by atoms with Gasteiger partial charge in [-0.1, -0.05) is 40.2 Å². The fourth-order valence-corrected chi connectivity index (χ4v) is 2.00. The highest BCUT2D eigenvalue weighted by Gasteiger charge is 2.06. The SMILES string of the molecule is O=C(O)c1cc(Br)c2ccccc2c1. The minimum atomic E-state index is -0.906. The van der Waals surface area contributed by atoms with Gasteiger partial charge in [0, 0.05) is 4.47 Å². The number of fused-ring (bicyclic) bond motifs is 1. The van der Waals surface area contributed by atoms with E-state index in [1.54, 1.807) is 12.1 Å². The topological polar surface area (TPSA) is 37.3 Å². The van der Waals surface area contributed by atoms with Crippen molar-refractivity contribution in [3.8, 4) is 0 Å².